The summed E-state index contributed by atoms with van der Waals surface area (Å²) in [4.78, 5) is 0. The predicted molar refractivity (Wildman–Crippen MR) is 35.0 cm³/mol. The third kappa shape index (κ3) is 0.970. The minimum absolute atomic E-state index is 0.511. The molecule has 0 unspecified atom stereocenters. The number of nitrogens with two attached hydrogens (primary N) is 1. The quantitative estimate of drug-likeness (QED) is 0.552. The molecule has 0 bridgehead atoms. The fourth-order valence-electron chi connectivity index (χ4n) is 1.67. The van der Waals surface area contributed by atoms with Gasteiger partial charge in [-0.2, -0.15) is 0 Å². The summed E-state index contributed by atoms with van der Waals surface area (Å²) in [5.74, 6) is 1.62. The monoisotopic (exact) mass is 127 g/mol. The van der Waals surface area contributed by atoms with E-state index in [2.05, 4.69) is 0 Å². The lowest BCUT2D eigenvalue weighted by Gasteiger charge is -2.02. The average molecular weight is 127 g/mol. The van der Waals surface area contributed by atoms with Gasteiger partial charge in [-0.05, 0) is 24.7 Å². The third-order valence-corrected chi connectivity index (χ3v) is 2.46. The molecule has 0 spiro atoms. The van der Waals surface area contributed by atoms with Crippen molar-refractivity contribution in [2.75, 3.05) is 13.2 Å². The molecule has 2 N–H and O–H groups in total. The number of hydrogen-bond donors (Lipinski definition) is 1. The van der Waals surface area contributed by atoms with E-state index in [0.717, 1.165) is 25.0 Å². The normalized spacial score (nSPS) is 49.7. The second-order valence-electron chi connectivity index (χ2n) is 3.19. The van der Waals surface area contributed by atoms with Crippen LogP contribution in [-0.2, 0) is 4.74 Å². The second-order valence-corrected chi connectivity index (χ2v) is 3.19. The Hall–Kier alpha value is -0.0800. The molecule has 3 atom stereocenters. The first-order valence-electron chi connectivity index (χ1n) is 3.71. The lowest BCUT2D eigenvalue weighted by Crippen LogP contribution is -2.10. The lowest BCUT2D eigenvalue weighted by molar-refractivity contribution is 0.181. The van der Waals surface area contributed by atoms with Crippen molar-refractivity contribution >= 4 is 0 Å². The van der Waals surface area contributed by atoms with Gasteiger partial charge in [0, 0.05) is 19.3 Å². The highest BCUT2D eigenvalue weighted by Gasteiger charge is 2.41. The van der Waals surface area contributed by atoms with Crippen molar-refractivity contribution in [2.45, 2.75) is 18.9 Å². The van der Waals surface area contributed by atoms with Crippen LogP contribution in [0.25, 0.3) is 0 Å². The van der Waals surface area contributed by atoms with Crippen LogP contribution >= 0.6 is 0 Å². The second kappa shape index (κ2) is 1.96. The molecule has 1 aliphatic heterocycles. The van der Waals surface area contributed by atoms with E-state index in [9.17, 15) is 0 Å². The standard InChI is InChI=1S/C7H13NO/c8-7-3-6(7)5-1-2-9-4-5/h5-7H,1-4,8H2/t5-,6+,7-/m0/s1. The Balaban J connectivity index is 1.85. The summed E-state index contributed by atoms with van der Waals surface area (Å²) in [5.41, 5.74) is 5.69. The highest BCUT2D eigenvalue weighted by molar-refractivity contribution is 4.95. The first-order chi connectivity index (χ1) is 4.38. The van der Waals surface area contributed by atoms with Crippen molar-refractivity contribution < 1.29 is 4.74 Å². The highest BCUT2D eigenvalue weighted by atomic mass is 16.5. The molecule has 1 heterocycles. The number of hydrogen-bond acceptors (Lipinski definition) is 2. The molecular weight excluding hydrogens is 114 g/mol. The van der Waals surface area contributed by atoms with Crippen molar-refractivity contribution in [1.29, 1.82) is 0 Å². The maximum absolute atomic E-state index is 5.69. The van der Waals surface area contributed by atoms with Gasteiger partial charge >= 0.3 is 0 Å². The van der Waals surface area contributed by atoms with Crippen LogP contribution in [0.15, 0.2) is 0 Å². The van der Waals surface area contributed by atoms with E-state index >= 15 is 0 Å². The van der Waals surface area contributed by atoms with Crippen LogP contribution in [0.2, 0.25) is 0 Å². The molecule has 1 saturated carbocycles. The molecule has 1 saturated heterocycles. The summed E-state index contributed by atoms with van der Waals surface area (Å²) in [6, 6.07) is 0.511. The largest absolute Gasteiger partial charge is 0.381 e. The van der Waals surface area contributed by atoms with Crippen LogP contribution in [0, 0.1) is 11.8 Å². The van der Waals surface area contributed by atoms with E-state index < -0.39 is 0 Å². The molecule has 0 aromatic carbocycles. The molecule has 2 rings (SSSR count). The van der Waals surface area contributed by atoms with E-state index in [-0.39, 0.29) is 0 Å². The molecule has 0 radical (unpaired) electrons. The summed E-state index contributed by atoms with van der Waals surface area (Å²) in [7, 11) is 0. The van der Waals surface area contributed by atoms with Crippen LogP contribution in [0.4, 0.5) is 0 Å². The molecule has 0 aromatic rings. The Morgan fingerprint density at radius 3 is 2.67 bits per heavy atom. The van der Waals surface area contributed by atoms with Crippen molar-refractivity contribution in [3.8, 4) is 0 Å². The highest BCUT2D eigenvalue weighted by Crippen LogP contribution is 2.39. The molecule has 2 heteroatoms. The fourth-order valence-corrected chi connectivity index (χ4v) is 1.67. The summed E-state index contributed by atoms with van der Waals surface area (Å²) < 4.78 is 5.25. The van der Waals surface area contributed by atoms with Gasteiger partial charge in [-0.15, -0.1) is 0 Å². The zero-order chi connectivity index (χ0) is 6.27. The molecule has 9 heavy (non-hydrogen) atoms. The Labute approximate surface area is 55.4 Å². The topological polar surface area (TPSA) is 35.2 Å². The van der Waals surface area contributed by atoms with E-state index in [1.807, 2.05) is 0 Å². The predicted octanol–water partition coefficient (Wildman–Crippen LogP) is 0.370. The van der Waals surface area contributed by atoms with Crippen molar-refractivity contribution in [3.05, 3.63) is 0 Å². The van der Waals surface area contributed by atoms with E-state index in [0.29, 0.717) is 6.04 Å². The molecule has 0 amide bonds. The van der Waals surface area contributed by atoms with E-state index in [1.54, 1.807) is 0 Å². The van der Waals surface area contributed by atoms with Crippen LogP contribution < -0.4 is 5.73 Å². The van der Waals surface area contributed by atoms with Crippen molar-refractivity contribution in [2.24, 2.45) is 17.6 Å². The van der Waals surface area contributed by atoms with Gasteiger partial charge in [-0.25, -0.2) is 0 Å². The van der Waals surface area contributed by atoms with Gasteiger partial charge in [0.15, 0.2) is 0 Å². The molecule has 2 aliphatic rings. The minimum Gasteiger partial charge on any atom is -0.381 e. The van der Waals surface area contributed by atoms with Crippen molar-refractivity contribution in [1.82, 2.24) is 0 Å². The Kier molecular flexibility index (Phi) is 1.24. The van der Waals surface area contributed by atoms with Crippen LogP contribution in [0.3, 0.4) is 0 Å². The Bertz CT molecular complexity index is 109. The SMILES string of the molecule is N[C@H]1C[C@@H]1[C@H]1CCOC1. The fraction of sp³-hybridized carbons (Fsp3) is 1.00. The van der Waals surface area contributed by atoms with Crippen LogP contribution in [-0.4, -0.2) is 19.3 Å². The van der Waals surface area contributed by atoms with Crippen LogP contribution in [0.1, 0.15) is 12.8 Å². The maximum atomic E-state index is 5.69. The summed E-state index contributed by atoms with van der Waals surface area (Å²) in [5, 5.41) is 0. The summed E-state index contributed by atoms with van der Waals surface area (Å²) >= 11 is 0. The molecule has 2 nitrogen and oxygen atoms in total. The molecule has 0 aromatic heterocycles. The Morgan fingerprint density at radius 2 is 2.22 bits per heavy atom. The van der Waals surface area contributed by atoms with Gasteiger partial charge in [0.25, 0.3) is 0 Å². The number of rotatable bonds is 1. The smallest absolute Gasteiger partial charge is 0.0498 e. The van der Waals surface area contributed by atoms with E-state index in [1.165, 1.54) is 12.8 Å². The van der Waals surface area contributed by atoms with E-state index in [4.69, 9.17) is 10.5 Å². The first-order valence-corrected chi connectivity index (χ1v) is 3.71. The third-order valence-electron chi connectivity index (χ3n) is 2.46. The summed E-state index contributed by atoms with van der Waals surface area (Å²) in [6.07, 6.45) is 2.49. The van der Waals surface area contributed by atoms with Gasteiger partial charge in [0.2, 0.25) is 0 Å². The van der Waals surface area contributed by atoms with Gasteiger partial charge in [0.05, 0.1) is 0 Å². The minimum atomic E-state index is 0.511. The zero-order valence-corrected chi connectivity index (χ0v) is 5.55. The van der Waals surface area contributed by atoms with Gasteiger partial charge in [-0.3, -0.25) is 0 Å². The average Bonchev–Trinajstić information content (AvgIpc) is 2.44. The van der Waals surface area contributed by atoms with Gasteiger partial charge in [0.1, 0.15) is 0 Å². The Morgan fingerprint density at radius 1 is 1.44 bits per heavy atom. The zero-order valence-electron chi connectivity index (χ0n) is 5.55. The van der Waals surface area contributed by atoms with Crippen LogP contribution in [0.5, 0.6) is 0 Å². The molecular formula is C7H13NO. The number of ether oxygens (including phenoxy) is 1. The molecule has 1 aliphatic carbocycles. The van der Waals surface area contributed by atoms with Crippen molar-refractivity contribution in [3.63, 3.8) is 0 Å². The maximum Gasteiger partial charge on any atom is 0.0498 e. The van der Waals surface area contributed by atoms with Gasteiger partial charge < -0.3 is 10.5 Å². The first kappa shape index (κ1) is 5.69. The molecule has 52 valence electrons. The summed E-state index contributed by atoms with van der Waals surface area (Å²) in [6.45, 7) is 1.94. The molecule has 2 fully saturated rings. The van der Waals surface area contributed by atoms with Gasteiger partial charge in [-0.1, -0.05) is 0 Å². The lowest BCUT2D eigenvalue weighted by atomic mass is 10.0.